The first-order valence-corrected chi connectivity index (χ1v) is 5.83. The number of rotatable bonds is 3. The number of aromatic hydroxyl groups is 1. The molecule has 0 atom stereocenters. The van der Waals surface area contributed by atoms with Crippen LogP contribution in [-0.4, -0.2) is 22.1 Å². The zero-order valence-electron chi connectivity index (χ0n) is 10.9. The molecular weight excluding hydrogens is 262 g/mol. The highest BCUT2D eigenvalue weighted by molar-refractivity contribution is 6.06. The van der Waals surface area contributed by atoms with E-state index in [1.807, 2.05) is 0 Å². The van der Waals surface area contributed by atoms with Crippen molar-refractivity contribution in [1.29, 1.82) is 0 Å². The van der Waals surface area contributed by atoms with Crippen molar-refractivity contribution in [3.8, 4) is 5.75 Å². The van der Waals surface area contributed by atoms with E-state index in [1.165, 1.54) is 12.1 Å². The summed E-state index contributed by atoms with van der Waals surface area (Å²) in [5, 5.41) is 21.0. The first-order valence-electron chi connectivity index (χ1n) is 5.83. The van der Waals surface area contributed by atoms with Gasteiger partial charge in [-0.3, -0.25) is 4.79 Å². The monoisotopic (exact) mass is 275 g/mol. The summed E-state index contributed by atoms with van der Waals surface area (Å²) < 4.78 is 5.25. The zero-order valence-corrected chi connectivity index (χ0v) is 10.9. The van der Waals surface area contributed by atoms with Gasteiger partial charge >= 0.3 is 5.97 Å². The van der Waals surface area contributed by atoms with E-state index >= 15 is 0 Å². The summed E-state index contributed by atoms with van der Waals surface area (Å²) >= 11 is 0. The van der Waals surface area contributed by atoms with Crippen LogP contribution in [0.15, 0.2) is 28.7 Å². The van der Waals surface area contributed by atoms with Gasteiger partial charge in [-0.05, 0) is 38.1 Å². The number of carbonyl (C=O) groups is 2. The highest BCUT2D eigenvalue weighted by Crippen LogP contribution is 2.25. The molecule has 2 rings (SSSR count). The molecule has 1 amide bonds. The predicted octanol–water partition coefficient (Wildman–Crippen LogP) is 2.55. The molecule has 104 valence electrons. The summed E-state index contributed by atoms with van der Waals surface area (Å²) in [4.78, 5) is 22.8. The number of nitrogens with one attached hydrogen (secondary N) is 1. The van der Waals surface area contributed by atoms with E-state index in [0.29, 0.717) is 17.1 Å². The van der Waals surface area contributed by atoms with Crippen LogP contribution in [0.4, 0.5) is 5.69 Å². The fraction of sp³-hybridized carbons (Fsp3) is 0.143. The Bertz CT molecular complexity index is 687. The Kier molecular flexibility index (Phi) is 3.47. The molecule has 1 heterocycles. The molecule has 0 saturated heterocycles. The molecule has 0 aliphatic heterocycles. The lowest BCUT2D eigenvalue weighted by molar-refractivity contribution is 0.0696. The number of phenols is 1. The normalized spacial score (nSPS) is 10.3. The molecule has 0 saturated carbocycles. The van der Waals surface area contributed by atoms with E-state index in [1.54, 1.807) is 19.9 Å². The Morgan fingerprint density at radius 3 is 2.40 bits per heavy atom. The molecule has 6 heteroatoms. The summed E-state index contributed by atoms with van der Waals surface area (Å²) in [5.41, 5.74) is 0.443. The summed E-state index contributed by atoms with van der Waals surface area (Å²) in [6.45, 7) is 3.39. The quantitative estimate of drug-likeness (QED) is 0.747. The number of amides is 1. The Morgan fingerprint density at radius 2 is 1.90 bits per heavy atom. The lowest BCUT2D eigenvalue weighted by Gasteiger charge is -2.07. The molecule has 0 aliphatic rings. The van der Waals surface area contributed by atoms with Gasteiger partial charge in [-0.25, -0.2) is 4.79 Å². The van der Waals surface area contributed by atoms with Gasteiger partial charge in [0, 0.05) is 0 Å². The summed E-state index contributed by atoms with van der Waals surface area (Å²) in [6.07, 6.45) is 0. The SMILES string of the molecule is Cc1cc(C(=O)Nc2ccc(C(=O)O)cc2O)c(C)o1. The van der Waals surface area contributed by atoms with Crippen LogP contribution in [0, 0.1) is 13.8 Å². The van der Waals surface area contributed by atoms with E-state index < -0.39 is 11.9 Å². The smallest absolute Gasteiger partial charge is 0.335 e. The minimum Gasteiger partial charge on any atom is -0.506 e. The Hall–Kier alpha value is -2.76. The average molecular weight is 275 g/mol. The van der Waals surface area contributed by atoms with Crippen molar-refractivity contribution in [3.63, 3.8) is 0 Å². The number of aromatic carboxylic acids is 1. The Balaban J connectivity index is 2.24. The molecule has 0 aliphatic carbocycles. The number of furan rings is 1. The van der Waals surface area contributed by atoms with Crippen LogP contribution >= 0.6 is 0 Å². The maximum atomic E-state index is 12.0. The van der Waals surface area contributed by atoms with Gasteiger partial charge in [0.1, 0.15) is 17.3 Å². The van der Waals surface area contributed by atoms with Gasteiger partial charge in [0.05, 0.1) is 16.8 Å². The van der Waals surface area contributed by atoms with Crippen LogP contribution in [-0.2, 0) is 0 Å². The molecule has 0 radical (unpaired) electrons. The van der Waals surface area contributed by atoms with Crippen molar-refractivity contribution < 1.29 is 24.2 Å². The van der Waals surface area contributed by atoms with Crippen LogP contribution in [0.25, 0.3) is 0 Å². The maximum Gasteiger partial charge on any atom is 0.335 e. The van der Waals surface area contributed by atoms with E-state index in [9.17, 15) is 14.7 Å². The van der Waals surface area contributed by atoms with Crippen LogP contribution < -0.4 is 5.32 Å². The molecular formula is C14H13NO5. The highest BCUT2D eigenvalue weighted by Gasteiger charge is 2.15. The molecule has 3 N–H and O–H groups in total. The Morgan fingerprint density at radius 1 is 1.20 bits per heavy atom. The first-order chi connectivity index (χ1) is 9.38. The van der Waals surface area contributed by atoms with Crippen LogP contribution in [0.1, 0.15) is 32.2 Å². The molecule has 20 heavy (non-hydrogen) atoms. The van der Waals surface area contributed by atoms with Crippen LogP contribution in [0.3, 0.4) is 0 Å². The summed E-state index contributed by atoms with van der Waals surface area (Å²) in [7, 11) is 0. The first kappa shape index (κ1) is 13.7. The van der Waals surface area contributed by atoms with Crippen LogP contribution in [0.2, 0.25) is 0 Å². The second kappa shape index (κ2) is 5.08. The molecule has 1 aromatic heterocycles. The molecule has 2 aromatic rings. The van der Waals surface area contributed by atoms with Crippen molar-refractivity contribution in [1.82, 2.24) is 0 Å². The predicted molar refractivity (Wildman–Crippen MR) is 71.2 cm³/mol. The third-order valence-corrected chi connectivity index (χ3v) is 2.78. The van der Waals surface area contributed by atoms with Crippen molar-refractivity contribution in [3.05, 3.63) is 46.9 Å². The van der Waals surface area contributed by atoms with Gasteiger partial charge < -0.3 is 19.9 Å². The van der Waals surface area contributed by atoms with Gasteiger partial charge in [0.15, 0.2) is 0 Å². The molecule has 0 bridgehead atoms. The largest absolute Gasteiger partial charge is 0.506 e. The number of carbonyl (C=O) groups excluding carboxylic acids is 1. The molecule has 0 spiro atoms. The second-order valence-electron chi connectivity index (χ2n) is 4.32. The summed E-state index contributed by atoms with van der Waals surface area (Å²) in [6, 6.07) is 5.29. The topological polar surface area (TPSA) is 99.8 Å². The van der Waals surface area contributed by atoms with Gasteiger partial charge in [0.25, 0.3) is 5.91 Å². The number of carboxylic acids is 1. The third kappa shape index (κ3) is 2.64. The highest BCUT2D eigenvalue weighted by atomic mass is 16.4. The van der Waals surface area contributed by atoms with Gasteiger partial charge in [-0.15, -0.1) is 0 Å². The van der Waals surface area contributed by atoms with E-state index in [-0.39, 0.29) is 17.0 Å². The van der Waals surface area contributed by atoms with E-state index in [4.69, 9.17) is 9.52 Å². The number of aryl methyl sites for hydroxylation is 2. The molecule has 6 nitrogen and oxygen atoms in total. The van der Waals surface area contributed by atoms with Crippen molar-refractivity contribution in [2.75, 3.05) is 5.32 Å². The number of benzene rings is 1. The number of carboxylic acid groups (broad SMARTS) is 1. The van der Waals surface area contributed by atoms with Crippen molar-refractivity contribution in [2.45, 2.75) is 13.8 Å². The molecule has 0 unspecified atom stereocenters. The number of hydrogen-bond donors (Lipinski definition) is 3. The fourth-order valence-electron chi connectivity index (χ4n) is 1.82. The summed E-state index contributed by atoms with van der Waals surface area (Å²) in [5.74, 6) is -0.812. The maximum absolute atomic E-state index is 12.0. The van der Waals surface area contributed by atoms with E-state index in [0.717, 1.165) is 6.07 Å². The second-order valence-corrected chi connectivity index (χ2v) is 4.32. The Labute approximate surface area is 114 Å². The number of anilines is 1. The fourth-order valence-corrected chi connectivity index (χ4v) is 1.82. The number of phenolic OH excluding ortho intramolecular Hbond substituents is 1. The molecule has 1 aromatic carbocycles. The minimum absolute atomic E-state index is 0.0594. The van der Waals surface area contributed by atoms with Gasteiger partial charge in [-0.1, -0.05) is 0 Å². The number of hydrogen-bond acceptors (Lipinski definition) is 4. The van der Waals surface area contributed by atoms with Gasteiger partial charge in [-0.2, -0.15) is 0 Å². The molecule has 0 fully saturated rings. The minimum atomic E-state index is -1.15. The van der Waals surface area contributed by atoms with Crippen LogP contribution in [0.5, 0.6) is 5.75 Å². The lowest BCUT2D eigenvalue weighted by atomic mass is 10.1. The van der Waals surface area contributed by atoms with Crippen molar-refractivity contribution >= 4 is 17.6 Å². The lowest BCUT2D eigenvalue weighted by Crippen LogP contribution is -2.12. The van der Waals surface area contributed by atoms with Crippen molar-refractivity contribution in [2.24, 2.45) is 0 Å². The zero-order chi connectivity index (χ0) is 14.9. The van der Waals surface area contributed by atoms with Gasteiger partial charge in [0.2, 0.25) is 0 Å². The average Bonchev–Trinajstić information content (AvgIpc) is 2.70. The van der Waals surface area contributed by atoms with E-state index in [2.05, 4.69) is 5.32 Å². The standard InChI is InChI=1S/C14H13NO5/c1-7-5-10(8(2)20-7)13(17)15-11-4-3-9(14(18)19)6-12(11)16/h3-6,16H,1-2H3,(H,15,17)(H,18,19). The third-order valence-electron chi connectivity index (χ3n) is 2.78.